The fourth-order valence-corrected chi connectivity index (χ4v) is 5.57. The first kappa shape index (κ1) is 20.3. The van der Waals surface area contributed by atoms with Gasteiger partial charge in [-0.05, 0) is 31.4 Å². The molecule has 0 spiro atoms. The third-order valence-corrected chi connectivity index (χ3v) is 7.16. The van der Waals surface area contributed by atoms with Crippen LogP contribution in [-0.2, 0) is 12.1 Å². The molecule has 7 nitrogen and oxygen atoms in total. The Labute approximate surface area is 182 Å². The number of aromatic nitrogens is 2. The highest BCUT2D eigenvalue weighted by atomic mass is 16.5. The van der Waals surface area contributed by atoms with Gasteiger partial charge in [0.15, 0.2) is 0 Å². The lowest BCUT2D eigenvalue weighted by Crippen LogP contribution is -2.58. The molecule has 1 saturated carbocycles. The summed E-state index contributed by atoms with van der Waals surface area (Å²) in [5, 5.41) is 13.2. The average molecular weight is 424 g/mol. The molecule has 2 bridgehead atoms. The van der Waals surface area contributed by atoms with E-state index in [1.165, 1.54) is 18.1 Å². The molecule has 1 aromatic carbocycles. The molecule has 31 heavy (non-hydrogen) atoms. The molecule has 0 radical (unpaired) electrons. The van der Waals surface area contributed by atoms with Gasteiger partial charge in [-0.3, -0.25) is 4.90 Å². The van der Waals surface area contributed by atoms with Crippen LogP contribution in [0.2, 0.25) is 0 Å². The summed E-state index contributed by atoms with van der Waals surface area (Å²) >= 11 is 0. The summed E-state index contributed by atoms with van der Waals surface area (Å²) in [6.45, 7) is 4.46. The first-order valence-corrected chi connectivity index (χ1v) is 10.9. The van der Waals surface area contributed by atoms with Crippen molar-refractivity contribution in [1.82, 2.24) is 14.9 Å². The fraction of sp³-hybridized carbons (Fsp3) is 0.500. The van der Waals surface area contributed by atoms with Crippen molar-refractivity contribution in [2.24, 2.45) is 11.8 Å². The van der Waals surface area contributed by atoms with Crippen molar-refractivity contribution >= 4 is 11.0 Å². The number of likely N-dealkylation sites (tertiary alicyclic amines) is 1. The molecule has 3 heterocycles. The molecular formula is C24H29N3O4. The number of hydrogen-bond acceptors (Lipinski definition) is 7. The Kier molecular flexibility index (Phi) is 5.10. The lowest BCUT2D eigenvalue weighted by atomic mass is 9.63. The van der Waals surface area contributed by atoms with Crippen LogP contribution in [0.4, 0.5) is 0 Å². The van der Waals surface area contributed by atoms with Gasteiger partial charge in [0.05, 0.1) is 26.3 Å². The number of fused-ring (bicyclic) bond motifs is 3. The molecule has 2 atom stereocenters. The highest BCUT2D eigenvalue weighted by molar-refractivity contribution is 5.81. The number of hydrogen-bond donors (Lipinski definition) is 1. The van der Waals surface area contributed by atoms with Crippen LogP contribution in [-0.4, -0.2) is 47.3 Å². The number of furan rings is 1. The predicted molar refractivity (Wildman–Crippen MR) is 116 cm³/mol. The predicted octanol–water partition coefficient (Wildman–Crippen LogP) is 3.67. The van der Waals surface area contributed by atoms with Crippen LogP contribution in [0.3, 0.4) is 0 Å². The molecule has 2 aliphatic rings. The Balaban J connectivity index is 1.44. The van der Waals surface area contributed by atoms with Crippen molar-refractivity contribution in [2.45, 2.75) is 38.3 Å². The van der Waals surface area contributed by atoms with E-state index >= 15 is 0 Å². The first-order chi connectivity index (χ1) is 15.0. The van der Waals surface area contributed by atoms with Crippen LogP contribution in [0.1, 0.15) is 36.1 Å². The third-order valence-electron chi connectivity index (χ3n) is 7.16. The summed E-state index contributed by atoms with van der Waals surface area (Å²) in [7, 11) is 3.10. The van der Waals surface area contributed by atoms with Crippen molar-refractivity contribution in [3.05, 3.63) is 47.3 Å². The zero-order valence-corrected chi connectivity index (χ0v) is 18.3. The van der Waals surface area contributed by atoms with Gasteiger partial charge in [0, 0.05) is 36.5 Å². The van der Waals surface area contributed by atoms with Crippen molar-refractivity contribution in [3.63, 3.8) is 0 Å². The van der Waals surface area contributed by atoms with Gasteiger partial charge in [-0.1, -0.05) is 24.6 Å². The van der Waals surface area contributed by atoms with Gasteiger partial charge >= 0.3 is 6.01 Å². The zero-order valence-electron chi connectivity index (χ0n) is 18.3. The number of nitrogens with zero attached hydrogens (tertiary/aromatic N) is 3. The molecule has 0 unspecified atom stereocenters. The molecule has 2 fully saturated rings. The summed E-state index contributed by atoms with van der Waals surface area (Å²) in [6, 6.07) is 8.42. The SMILES string of the molecule is COc1ncc(C2(O)[C@H]3CCC[C@H]2CN(Cc2oc4ccccc4c2C)C3)c(OC)n1. The van der Waals surface area contributed by atoms with Crippen LogP contribution < -0.4 is 9.47 Å². The summed E-state index contributed by atoms with van der Waals surface area (Å²) in [5.41, 5.74) is 1.80. The lowest BCUT2D eigenvalue weighted by molar-refractivity contribution is -0.150. The Morgan fingerprint density at radius 3 is 2.58 bits per heavy atom. The van der Waals surface area contributed by atoms with Crippen LogP contribution in [0.25, 0.3) is 11.0 Å². The zero-order chi connectivity index (χ0) is 21.6. The molecule has 0 amide bonds. The normalized spacial score (nSPS) is 26.2. The average Bonchev–Trinajstić information content (AvgIpc) is 3.09. The summed E-state index contributed by atoms with van der Waals surface area (Å²) in [6.07, 6.45) is 4.71. The number of methoxy groups -OCH3 is 2. The summed E-state index contributed by atoms with van der Waals surface area (Å²) in [4.78, 5) is 11.0. The second-order valence-electron chi connectivity index (χ2n) is 8.77. The van der Waals surface area contributed by atoms with Gasteiger partial charge in [-0.25, -0.2) is 4.98 Å². The molecule has 5 rings (SSSR count). The maximum Gasteiger partial charge on any atom is 0.319 e. The number of para-hydroxylation sites is 1. The number of ether oxygens (including phenoxy) is 2. The van der Waals surface area contributed by atoms with E-state index in [1.54, 1.807) is 13.3 Å². The number of aliphatic hydroxyl groups is 1. The van der Waals surface area contributed by atoms with E-state index < -0.39 is 5.60 Å². The molecule has 1 saturated heterocycles. The van der Waals surface area contributed by atoms with E-state index in [4.69, 9.17) is 13.9 Å². The highest BCUT2D eigenvalue weighted by Gasteiger charge is 2.53. The number of piperidine rings is 1. The van der Waals surface area contributed by atoms with Crippen molar-refractivity contribution in [1.29, 1.82) is 0 Å². The van der Waals surface area contributed by atoms with Crippen molar-refractivity contribution in [3.8, 4) is 11.9 Å². The van der Waals surface area contributed by atoms with E-state index in [0.29, 0.717) is 11.4 Å². The van der Waals surface area contributed by atoms with Crippen molar-refractivity contribution in [2.75, 3.05) is 27.3 Å². The Morgan fingerprint density at radius 2 is 1.90 bits per heavy atom. The van der Waals surface area contributed by atoms with Gasteiger partial charge in [-0.2, -0.15) is 4.98 Å². The monoisotopic (exact) mass is 423 g/mol. The minimum atomic E-state index is -1.00. The molecular weight excluding hydrogens is 394 g/mol. The molecule has 2 aromatic heterocycles. The van der Waals surface area contributed by atoms with Gasteiger partial charge in [0.2, 0.25) is 5.88 Å². The molecule has 164 valence electrons. The lowest BCUT2D eigenvalue weighted by Gasteiger charge is -2.53. The minimum Gasteiger partial charge on any atom is -0.481 e. The molecule has 3 aromatic rings. The largest absolute Gasteiger partial charge is 0.481 e. The van der Waals surface area contributed by atoms with E-state index in [0.717, 1.165) is 50.2 Å². The van der Waals surface area contributed by atoms with Crippen LogP contribution in [0.5, 0.6) is 11.9 Å². The first-order valence-electron chi connectivity index (χ1n) is 10.9. The maximum atomic E-state index is 12.0. The van der Waals surface area contributed by atoms with Crippen LogP contribution >= 0.6 is 0 Å². The molecule has 1 aliphatic carbocycles. The van der Waals surface area contributed by atoms with Gasteiger partial charge in [0.25, 0.3) is 0 Å². The number of rotatable bonds is 5. The van der Waals surface area contributed by atoms with Gasteiger partial charge < -0.3 is 19.0 Å². The second kappa shape index (κ2) is 7.80. The van der Waals surface area contributed by atoms with Crippen LogP contribution in [0.15, 0.2) is 34.9 Å². The van der Waals surface area contributed by atoms with Gasteiger partial charge in [0.1, 0.15) is 16.9 Å². The topological polar surface area (TPSA) is 80.9 Å². The maximum absolute atomic E-state index is 12.0. The second-order valence-corrected chi connectivity index (χ2v) is 8.77. The molecule has 1 N–H and O–H groups in total. The Morgan fingerprint density at radius 1 is 1.16 bits per heavy atom. The smallest absolute Gasteiger partial charge is 0.319 e. The van der Waals surface area contributed by atoms with Gasteiger partial charge in [-0.15, -0.1) is 0 Å². The number of benzene rings is 1. The molecule has 1 aliphatic heterocycles. The molecule has 7 heteroatoms. The Bertz CT molecular complexity index is 1080. The van der Waals surface area contributed by atoms with E-state index in [9.17, 15) is 5.11 Å². The quantitative estimate of drug-likeness (QED) is 0.671. The minimum absolute atomic E-state index is 0.0792. The van der Waals surface area contributed by atoms with E-state index in [1.807, 2.05) is 18.2 Å². The summed E-state index contributed by atoms with van der Waals surface area (Å²) in [5.74, 6) is 1.56. The fourth-order valence-electron chi connectivity index (χ4n) is 5.57. The number of aryl methyl sites for hydroxylation is 1. The highest BCUT2D eigenvalue weighted by Crippen LogP contribution is 2.51. The third kappa shape index (κ3) is 3.27. The standard InChI is InChI=1S/C24H29N3O4/c1-15-18-9-4-5-10-20(18)31-21(15)14-27-12-16-7-6-8-17(13-27)24(16,28)19-11-25-23(30-3)26-22(19)29-2/h4-5,9-11,16-17,28H,6-8,12-14H2,1-3H3/t16-,17-/m0/s1. The van der Waals surface area contributed by atoms with E-state index in [2.05, 4.69) is 27.9 Å². The van der Waals surface area contributed by atoms with Crippen molar-refractivity contribution < 1.29 is 19.0 Å². The summed E-state index contributed by atoms with van der Waals surface area (Å²) < 4.78 is 16.8. The van der Waals surface area contributed by atoms with E-state index in [-0.39, 0.29) is 17.8 Å². The van der Waals surface area contributed by atoms with Crippen LogP contribution in [0, 0.1) is 18.8 Å². The Hall–Kier alpha value is -2.64.